The number of aromatic nitrogens is 2. The summed E-state index contributed by atoms with van der Waals surface area (Å²) in [6.45, 7) is 7.01. The van der Waals surface area contributed by atoms with Crippen LogP contribution in [-0.2, 0) is 11.3 Å². The zero-order chi connectivity index (χ0) is 14.5. The van der Waals surface area contributed by atoms with E-state index in [1.54, 1.807) is 20.4 Å². The predicted molar refractivity (Wildman–Crippen MR) is 74.8 cm³/mol. The zero-order valence-electron chi connectivity index (χ0n) is 12.6. The molecule has 0 saturated heterocycles. The Balaban J connectivity index is 3.05. The molecule has 0 aromatic carbocycles. The molecule has 0 radical (unpaired) electrons. The third kappa shape index (κ3) is 3.92. The van der Waals surface area contributed by atoms with E-state index in [9.17, 15) is 0 Å². The molecule has 0 bridgehead atoms. The van der Waals surface area contributed by atoms with Crippen LogP contribution in [0.3, 0.4) is 0 Å². The van der Waals surface area contributed by atoms with Crippen molar-refractivity contribution in [1.29, 1.82) is 0 Å². The maximum absolute atomic E-state index is 5.71. The van der Waals surface area contributed by atoms with E-state index in [0.717, 1.165) is 30.8 Å². The Labute approximate surface area is 115 Å². The Hall–Kier alpha value is -1.11. The Morgan fingerprint density at radius 2 is 2.16 bits per heavy atom. The van der Waals surface area contributed by atoms with Gasteiger partial charge < -0.3 is 9.47 Å². The molecule has 0 saturated carbocycles. The first-order valence-corrected chi connectivity index (χ1v) is 6.60. The van der Waals surface area contributed by atoms with Crippen LogP contribution in [0.25, 0.3) is 0 Å². The molecule has 6 nitrogen and oxygen atoms in total. The van der Waals surface area contributed by atoms with Gasteiger partial charge in [-0.3, -0.25) is 16.0 Å². The maximum atomic E-state index is 5.71. The molecule has 0 amide bonds. The molecule has 6 heteroatoms. The van der Waals surface area contributed by atoms with Gasteiger partial charge in [0.05, 0.1) is 30.6 Å². The summed E-state index contributed by atoms with van der Waals surface area (Å²) in [4.78, 5) is 0. The second-order valence-electron chi connectivity index (χ2n) is 5.21. The van der Waals surface area contributed by atoms with Gasteiger partial charge in [0, 0.05) is 13.7 Å². The van der Waals surface area contributed by atoms with Crippen molar-refractivity contribution in [3.8, 4) is 5.75 Å². The van der Waals surface area contributed by atoms with E-state index in [0.29, 0.717) is 0 Å². The van der Waals surface area contributed by atoms with Crippen LogP contribution in [0.5, 0.6) is 5.75 Å². The summed E-state index contributed by atoms with van der Waals surface area (Å²) in [5, 5.41) is 4.36. The molecule has 1 atom stereocenters. The average Bonchev–Trinajstić information content (AvgIpc) is 2.79. The van der Waals surface area contributed by atoms with Gasteiger partial charge in [-0.05, 0) is 26.7 Å². The highest BCUT2D eigenvalue weighted by atomic mass is 16.5. The number of ether oxygens (including phenoxy) is 2. The smallest absolute Gasteiger partial charge is 0.161 e. The van der Waals surface area contributed by atoms with Crippen LogP contribution in [0.2, 0.25) is 0 Å². The van der Waals surface area contributed by atoms with Crippen molar-refractivity contribution in [1.82, 2.24) is 15.2 Å². The number of methoxy groups -OCH3 is 2. The minimum atomic E-state index is -0.274. The minimum absolute atomic E-state index is 0.0704. The number of nitrogens with zero attached hydrogens (tertiary/aromatic N) is 2. The highest BCUT2D eigenvalue weighted by Crippen LogP contribution is 2.31. The van der Waals surface area contributed by atoms with Gasteiger partial charge in [0.2, 0.25) is 0 Å². The number of hydrogen-bond donors (Lipinski definition) is 2. The van der Waals surface area contributed by atoms with Crippen LogP contribution < -0.4 is 16.0 Å². The maximum Gasteiger partial charge on any atom is 0.161 e. The molecule has 0 spiro atoms. The first kappa shape index (κ1) is 15.9. The van der Waals surface area contributed by atoms with E-state index in [-0.39, 0.29) is 11.6 Å². The summed E-state index contributed by atoms with van der Waals surface area (Å²) in [5.41, 5.74) is 3.54. The lowest BCUT2D eigenvalue weighted by Gasteiger charge is -2.28. The fourth-order valence-corrected chi connectivity index (χ4v) is 2.09. The number of aryl methyl sites for hydroxylation is 1. The summed E-state index contributed by atoms with van der Waals surface area (Å²) in [6, 6.07) is -0.0704. The lowest BCUT2D eigenvalue weighted by atomic mass is 9.96. The van der Waals surface area contributed by atoms with Crippen molar-refractivity contribution >= 4 is 0 Å². The van der Waals surface area contributed by atoms with E-state index < -0.39 is 0 Å². The second-order valence-corrected chi connectivity index (χ2v) is 5.21. The van der Waals surface area contributed by atoms with Gasteiger partial charge in [0.25, 0.3) is 0 Å². The lowest BCUT2D eigenvalue weighted by Crippen LogP contribution is -2.36. The summed E-state index contributed by atoms with van der Waals surface area (Å²) in [5.74, 6) is 6.47. The lowest BCUT2D eigenvalue weighted by molar-refractivity contribution is 0.00590. The third-order valence-electron chi connectivity index (χ3n) is 3.28. The monoisotopic (exact) mass is 270 g/mol. The molecule has 1 heterocycles. The number of hydrogen-bond acceptors (Lipinski definition) is 5. The summed E-state index contributed by atoms with van der Waals surface area (Å²) >= 11 is 0. The number of rotatable bonds is 8. The molecule has 1 unspecified atom stereocenters. The van der Waals surface area contributed by atoms with Crippen molar-refractivity contribution in [2.75, 3.05) is 14.2 Å². The van der Waals surface area contributed by atoms with Crippen LogP contribution in [0.1, 0.15) is 45.3 Å². The van der Waals surface area contributed by atoms with E-state index in [4.69, 9.17) is 15.3 Å². The predicted octanol–water partition coefficient (Wildman–Crippen LogP) is 1.62. The van der Waals surface area contributed by atoms with Gasteiger partial charge in [-0.1, -0.05) is 6.92 Å². The molecule has 110 valence electrons. The quantitative estimate of drug-likeness (QED) is 0.554. The van der Waals surface area contributed by atoms with Crippen molar-refractivity contribution in [3.05, 3.63) is 11.9 Å². The van der Waals surface area contributed by atoms with Crippen molar-refractivity contribution in [2.45, 2.75) is 51.8 Å². The summed E-state index contributed by atoms with van der Waals surface area (Å²) in [6.07, 6.45) is 3.46. The molecule has 19 heavy (non-hydrogen) atoms. The van der Waals surface area contributed by atoms with Gasteiger partial charge in [0.15, 0.2) is 5.75 Å². The minimum Gasteiger partial charge on any atom is -0.493 e. The van der Waals surface area contributed by atoms with Crippen LogP contribution in [0, 0.1) is 0 Å². The van der Waals surface area contributed by atoms with Gasteiger partial charge in [-0.2, -0.15) is 5.10 Å². The Morgan fingerprint density at radius 3 is 2.63 bits per heavy atom. The molecule has 0 fully saturated rings. The van der Waals surface area contributed by atoms with E-state index in [1.165, 1.54) is 0 Å². The van der Waals surface area contributed by atoms with Crippen molar-refractivity contribution < 1.29 is 9.47 Å². The Morgan fingerprint density at radius 1 is 1.47 bits per heavy atom. The van der Waals surface area contributed by atoms with E-state index in [1.807, 2.05) is 18.5 Å². The van der Waals surface area contributed by atoms with Crippen LogP contribution in [-0.4, -0.2) is 29.6 Å². The highest BCUT2D eigenvalue weighted by Gasteiger charge is 2.28. The molecule has 1 aromatic rings. The Bertz CT molecular complexity index is 390. The number of nitrogens with one attached hydrogen (secondary N) is 1. The molecule has 0 aliphatic rings. The van der Waals surface area contributed by atoms with Crippen molar-refractivity contribution in [2.24, 2.45) is 5.84 Å². The average molecular weight is 270 g/mol. The molecule has 0 aliphatic carbocycles. The standard InChI is InChI=1S/C13H26N4O2/c1-6-7-17-12(11(18-4)9-15-17)10(16-14)8-13(2,3)19-5/h9-10,16H,6-8,14H2,1-5H3. The zero-order valence-corrected chi connectivity index (χ0v) is 12.6. The first-order chi connectivity index (χ1) is 8.99. The molecule has 0 aliphatic heterocycles. The normalized spacial score (nSPS) is 13.6. The largest absolute Gasteiger partial charge is 0.493 e. The number of hydrazine groups is 1. The molecule has 3 N–H and O–H groups in total. The fourth-order valence-electron chi connectivity index (χ4n) is 2.09. The SMILES string of the molecule is CCCn1ncc(OC)c1C(CC(C)(C)OC)NN. The summed E-state index contributed by atoms with van der Waals surface area (Å²) in [7, 11) is 3.35. The van der Waals surface area contributed by atoms with Gasteiger partial charge in [0.1, 0.15) is 0 Å². The van der Waals surface area contributed by atoms with Gasteiger partial charge in [-0.25, -0.2) is 0 Å². The molecular weight excluding hydrogens is 244 g/mol. The Kier molecular flexibility index (Phi) is 5.78. The molecule has 1 rings (SSSR count). The van der Waals surface area contributed by atoms with Gasteiger partial charge >= 0.3 is 0 Å². The van der Waals surface area contributed by atoms with Crippen LogP contribution in [0.4, 0.5) is 0 Å². The number of nitrogens with two attached hydrogens (primary N) is 1. The molecule has 1 aromatic heterocycles. The summed E-state index contributed by atoms with van der Waals surface area (Å²) < 4.78 is 12.8. The van der Waals surface area contributed by atoms with Crippen LogP contribution >= 0.6 is 0 Å². The fraction of sp³-hybridized carbons (Fsp3) is 0.769. The topological polar surface area (TPSA) is 74.3 Å². The van der Waals surface area contributed by atoms with E-state index in [2.05, 4.69) is 17.4 Å². The first-order valence-electron chi connectivity index (χ1n) is 6.60. The highest BCUT2D eigenvalue weighted by molar-refractivity contribution is 5.28. The molecular formula is C13H26N4O2. The van der Waals surface area contributed by atoms with E-state index >= 15 is 0 Å². The second kappa shape index (κ2) is 6.88. The van der Waals surface area contributed by atoms with Crippen LogP contribution in [0.15, 0.2) is 6.20 Å². The van der Waals surface area contributed by atoms with Crippen molar-refractivity contribution in [3.63, 3.8) is 0 Å². The third-order valence-corrected chi connectivity index (χ3v) is 3.28. The van der Waals surface area contributed by atoms with Gasteiger partial charge in [-0.15, -0.1) is 0 Å².